The zero-order chi connectivity index (χ0) is 23.3. The molecule has 3 rings (SSSR count). The molecule has 0 saturated heterocycles. The maximum atomic E-state index is 14.6. The molecule has 2 aromatic carbocycles. The zero-order valence-electron chi connectivity index (χ0n) is 18.3. The lowest BCUT2D eigenvalue weighted by Crippen LogP contribution is -2.32. The van der Waals surface area contributed by atoms with Crippen molar-refractivity contribution in [2.45, 2.75) is 31.1 Å². The van der Waals surface area contributed by atoms with Gasteiger partial charge in [0.15, 0.2) is 5.82 Å². The number of rotatable bonds is 10. The second kappa shape index (κ2) is 10.4. The molecule has 0 aliphatic rings. The van der Waals surface area contributed by atoms with E-state index in [1.807, 2.05) is 6.92 Å². The van der Waals surface area contributed by atoms with Crippen molar-refractivity contribution in [1.82, 2.24) is 14.8 Å². The van der Waals surface area contributed by atoms with E-state index in [4.69, 9.17) is 16.3 Å². The van der Waals surface area contributed by atoms with Crippen LogP contribution in [0.3, 0.4) is 0 Å². The number of hydrogen-bond acceptors (Lipinski definition) is 5. The van der Waals surface area contributed by atoms with Gasteiger partial charge in [0.1, 0.15) is 11.6 Å². The largest absolute Gasteiger partial charge is 0.384 e. The van der Waals surface area contributed by atoms with Gasteiger partial charge in [-0.15, -0.1) is 10.2 Å². The topological polar surface area (TPSA) is 77.3 Å². The molecule has 32 heavy (non-hydrogen) atoms. The molecule has 1 aromatic heterocycles. The number of benzene rings is 2. The number of ether oxygens (including phenoxy) is 1. The Morgan fingerprint density at radius 1 is 1.19 bits per heavy atom. The molecule has 0 aliphatic heterocycles. The van der Waals surface area contributed by atoms with Crippen LogP contribution < -0.4 is 4.31 Å². The Labute approximate surface area is 192 Å². The minimum Gasteiger partial charge on any atom is -0.384 e. The second-order valence-electron chi connectivity index (χ2n) is 7.27. The molecule has 172 valence electrons. The first-order valence-electron chi connectivity index (χ1n) is 10.3. The Kier molecular flexibility index (Phi) is 7.86. The van der Waals surface area contributed by atoms with Crippen LogP contribution in [-0.4, -0.2) is 43.4 Å². The molecule has 0 atom stereocenters. The first-order valence-corrected chi connectivity index (χ1v) is 12.1. The molecule has 10 heteroatoms. The Hall–Kier alpha value is -2.49. The Balaban J connectivity index is 2.20. The van der Waals surface area contributed by atoms with Gasteiger partial charge in [-0.1, -0.05) is 43.1 Å². The molecule has 0 bridgehead atoms. The SMILES string of the molecule is CCCCN(c1cc(F)c(Cl)cc1-c1nnc(CCOC)n1C)S(=O)(=O)c1ccccc1. The molecular weight excluding hydrogens is 455 g/mol. The van der Waals surface area contributed by atoms with Crippen molar-refractivity contribution in [2.75, 3.05) is 24.6 Å². The van der Waals surface area contributed by atoms with Crippen molar-refractivity contribution in [3.8, 4) is 11.4 Å². The summed E-state index contributed by atoms with van der Waals surface area (Å²) in [5.74, 6) is 0.328. The fraction of sp³-hybridized carbons (Fsp3) is 0.364. The molecule has 0 spiro atoms. The third kappa shape index (κ3) is 4.95. The Bertz CT molecular complexity index is 1170. The number of aromatic nitrogens is 3. The lowest BCUT2D eigenvalue weighted by atomic mass is 10.1. The predicted molar refractivity (Wildman–Crippen MR) is 123 cm³/mol. The highest BCUT2D eigenvalue weighted by Crippen LogP contribution is 2.37. The minimum atomic E-state index is -3.96. The maximum absolute atomic E-state index is 14.6. The summed E-state index contributed by atoms with van der Waals surface area (Å²) in [6.45, 7) is 2.59. The lowest BCUT2D eigenvalue weighted by Gasteiger charge is -2.27. The summed E-state index contributed by atoms with van der Waals surface area (Å²) in [6, 6.07) is 10.6. The first-order chi connectivity index (χ1) is 15.3. The number of anilines is 1. The highest BCUT2D eigenvalue weighted by Gasteiger charge is 2.29. The Morgan fingerprint density at radius 3 is 2.56 bits per heavy atom. The van der Waals surface area contributed by atoms with Gasteiger partial charge in [0.2, 0.25) is 0 Å². The summed E-state index contributed by atoms with van der Waals surface area (Å²) in [6.07, 6.45) is 1.87. The number of methoxy groups -OCH3 is 1. The van der Waals surface area contributed by atoms with Gasteiger partial charge in [-0.2, -0.15) is 0 Å². The molecule has 1 heterocycles. The summed E-state index contributed by atoms with van der Waals surface area (Å²) in [5, 5.41) is 8.31. The van der Waals surface area contributed by atoms with E-state index < -0.39 is 15.8 Å². The molecule has 0 amide bonds. The van der Waals surface area contributed by atoms with E-state index in [1.54, 1.807) is 36.9 Å². The number of halogens is 2. The molecule has 0 N–H and O–H groups in total. The number of nitrogens with zero attached hydrogens (tertiary/aromatic N) is 4. The van der Waals surface area contributed by atoms with Gasteiger partial charge >= 0.3 is 0 Å². The van der Waals surface area contributed by atoms with Gasteiger partial charge in [-0.05, 0) is 24.6 Å². The molecule has 0 fully saturated rings. The van der Waals surface area contributed by atoms with Crippen LogP contribution in [0.15, 0.2) is 47.4 Å². The van der Waals surface area contributed by atoms with Crippen LogP contribution >= 0.6 is 11.6 Å². The average Bonchev–Trinajstić information content (AvgIpc) is 3.15. The molecule has 3 aromatic rings. The van der Waals surface area contributed by atoms with Gasteiger partial charge in [-0.3, -0.25) is 4.31 Å². The molecule has 0 aliphatic carbocycles. The quantitative estimate of drug-likeness (QED) is 0.428. The van der Waals surface area contributed by atoms with Gasteiger partial charge in [0, 0.05) is 38.8 Å². The van der Waals surface area contributed by atoms with Crippen LogP contribution in [0.2, 0.25) is 5.02 Å². The van der Waals surface area contributed by atoms with E-state index in [0.29, 0.717) is 36.7 Å². The van der Waals surface area contributed by atoms with Crippen LogP contribution in [0.25, 0.3) is 11.4 Å². The van der Waals surface area contributed by atoms with E-state index in [1.165, 1.54) is 22.5 Å². The summed E-state index contributed by atoms with van der Waals surface area (Å²) < 4.78 is 49.8. The van der Waals surface area contributed by atoms with Crippen molar-refractivity contribution in [2.24, 2.45) is 7.05 Å². The molecular formula is C22H26ClFN4O3S. The van der Waals surface area contributed by atoms with Crippen molar-refractivity contribution in [1.29, 1.82) is 0 Å². The van der Waals surface area contributed by atoms with E-state index in [9.17, 15) is 12.8 Å². The van der Waals surface area contributed by atoms with E-state index in [0.717, 1.165) is 12.5 Å². The van der Waals surface area contributed by atoms with Crippen molar-refractivity contribution < 1.29 is 17.5 Å². The van der Waals surface area contributed by atoms with E-state index in [-0.39, 0.29) is 22.2 Å². The maximum Gasteiger partial charge on any atom is 0.264 e. The standard InChI is InChI=1S/C22H26ClFN4O3S/c1-4-5-12-28(32(29,30)16-9-7-6-8-10-16)20-15-19(24)18(23)14-17(20)22-26-25-21(27(22)2)11-13-31-3/h6-10,14-15H,4-5,11-13H2,1-3H3. The summed E-state index contributed by atoms with van der Waals surface area (Å²) in [5.41, 5.74) is 0.545. The molecule has 0 radical (unpaired) electrons. The fourth-order valence-electron chi connectivity index (χ4n) is 3.32. The molecule has 7 nitrogen and oxygen atoms in total. The molecule has 0 unspecified atom stereocenters. The third-order valence-electron chi connectivity index (χ3n) is 5.09. The van der Waals surface area contributed by atoms with Gasteiger partial charge in [0.25, 0.3) is 10.0 Å². The fourth-order valence-corrected chi connectivity index (χ4v) is 5.02. The van der Waals surface area contributed by atoms with Crippen molar-refractivity contribution in [3.63, 3.8) is 0 Å². The van der Waals surface area contributed by atoms with Crippen LogP contribution in [-0.2, 0) is 28.2 Å². The Morgan fingerprint density at radius 2 is 1.91 bits per heavy atom. The first kappa shape index (κ1) is 24.2. The van der Waals surface area contributed by atoms with Crippen molar-refractivity contribution >= 4 is 27.3 Å². The monoisotopic (exact) mass is 480 g/mol. The highest BCUT2D eigenvalue weighted by atomic mass is 35.5. The second-order valence-corrected chi connectivity index (χ2v) is 9.54. The number of unbranched alkanes of at least 4 members (excludes halogenated alkanes) is 1. The van der Waals surface area contributed by atoms with Gasteiger partial charge < -0.3 is 9.30 Å². The lowest BCUT2D eigenvalue weighted by molar-refractivity contribution is 0.200. The summed E-state index contributed by atoms with van der Waals surface area (Å²) in [4.78, 5) is 0.121. The van der Waals surface area contributed by atoms with Gasteiger partial charge in [0.05, 0.1) is 22.2 Å². The predicted octanol–water partition coefficient (Wildman–Crippen LogP) is 4.46. The van der Waals surface area contributed by atoms with Crippen molar-refractivity contribution in [3.05, 3.63) is 59.1 Å². The molecule has 0 saturated carbocycles. The van der Waals surface area contributed by atoms with Crippen LogP contribution in [0.1, 0.15) is 25.6 Å². The van der Waals surface area contributed by atoms with Crippen LogP contribution in [0.4, 0.5) is 10.1 Å². The van der Waals surface area contributed by atoms with Crippen LogP contribution in [0, 0.1) is 5.82 Å². The normalized spacial score (nSPS) is 11.7. The summed E-state index contributed by atoms with van der Waals surface area (Å²) in [7, 11) is -0.601. The zero-order valence-corrected chi connectivity index (χ0v) is 19.8. The smallest absolute Gasteiger partial charge is 0.264 e. The van der Waals surface area contributed by atoms with Gasteiger partial charge in [-0.25, -0.2) is 12.8 Å². The average molecular weight is 481 g/mol. The minimum absolute atomic E-state index is 0.121. The van der Waals surface area contributed by atoms with E-state index in [2.05, 4.69) is 10.2 Å². The van der Waals surface area contributed by atoms with Crippen LogP contribution in [0.5, 0.6) is 0 Å². The number of hydrogen-bond donors (Lipinski definition) is 0. The van der Waals surface area contributed by atoms with E-state index >= 15 is 0 Å². The highest BCUT2D eigenvalue weighted by molar-refractivity contribution is 7.92. The third-order valence-corrected chi connectivity index (χ3v) is 7.21. The summed E-state index contributed by atoms with van der Waals surface area (Å²) >= 11 is 6.10. The number of sulfonamides is 1.